The molecule has 1 atom stereocenters. The van der Waals surface area contributed by atoms with Crippen molar-refractivity contribution in [1.29, 1.82) is 0 Å². The van der Waals surface area contributed by atoms with Crippen LogP contribution in [0.2, 0.25) is 0 Å². The van der Waals surface area contributed by atoms with E-state index in [1.165, 1.54) is 13.2 Å². The minimum Gasteiger partial charge on any atom is -0.491 e. The predicted molar refractivity (Wildman–Crippen MR) is 96.4 cm³/mol. The fourth-order valence-corrected chi connectivity index (χ4v) is 3.16. The first-order valence-electron chi connectivity index (χ1n) is 8.06. The second-order valence-electron chi connectivity index (χ2n) is 5.94. The quantitative estimate of drug-likeness (QED) is 0.784. The van der Waals surface area contributed by atoms with Crippen molar-refractivity contribution in [2.75, 3.05) is 25.8 Å². The Labute approximate surface area is 146 Å². The van der Waals surface area contributed by atoms with Crippen LogP contribution in [-0.2, 0) is 0 Å². The van der Waals surface area contributed by atoms with Gasteiger partial charge < -0.3 is 9.64 Å². The Kier molecular flexibility index (Phi) is 4.61. The summed E-state index contributed by atoms with van der Waals surface area (Å²) in [5, 5.41) is 2.04. The van der Waals surface area contributed by atoms with Gasteiger partial charge in [0.25, 0.3) is 5.91 Å². The first kappa shape index (κ1) is 16.8. The van der Waals surface area contributed by atoms with Gasteiger partial charge in [-0.2, -0.15) is 0 Å². The molecule has 130 valence electrons. The molecule has 6 nitrogen and oxygen atoms in total. The molecule has 2 heterocycles. The lowest BCUT2D eigenvalue weighted by Crippen LogP contribution is -2.54. The summed E-state index contributed by atoms with van der Waals surface area (Å²) in [4.78, 5) is 26.3. The Morgan fingerprint density at radius 2 is 1.96 bits per heavy atom. The van der Waals surface area contributed by atoms with Crippen LogP contribution in [-0.4, -0.2) is 36.3 Å². The summed E-state index contributed by atoms with van der Waals surface area (Å²) >= 11 is 0. The molecule has 0 spiro atoms. The third-order valence-electron chi connectivity index (χ3n) is 4.36. The summed E-state index contributed by atoms with van der Waals surface area (Å²) in [5.74, 6) is -0.175. The molecule has 1 aliphatic rings. The van der Waals surface area contributed by atoms with Crippen molar-refractivity contribution in [2.45, 2.75) is 12.5 Å². The van der Waals surface area contributed by atoms with Gasteiger partial charge in [0.15, 0.2) is 11.4 Å². The van der Waals surface area contributed by atoms with E-state index in [0.717, 1.165) is 5.56 Å². The Morgan fingerprint density at radius 3 is 2.60 bits per heavy atom. The highest BCUT2D eigenvalue weighted by Gasteiger charge is 2.34. The number of carbonyl (C=O) groups excluding carboxylic acids is 1. The van der Waals surface area contributed by atoms with Gasteiger partial charge in [0, 0.05) is 19.3 Å². The lowest BCUT2D eigenvalue weighted by Gasteiger charge is -2.42. The van der Waals surface area contributed by atoms with Crippen molar-refractivity contribution < 1.29 is 9.53 Å². The van der Waals surface area contributed by atoms with Gasteiger partial charge in [-0.25, -0.2) is 0 Å². The van der Waals surface area contributed by atoms with Crippen LogP contribution in [0.25, 0.3) is 0 Å². The van der Waals surface area contributed by atoms with Crippen LogP contribution in [0.15, 0.2) is 60.0 Å². The zero-order valence-electron chi connectivity index (χ0n) is 14.4. The van der Waals surface area contributed by atoms with E-state index in [1.807, 2.05) is 41.4 Å². The molecule has 1 amide bonds. The number of amides is 1. The lowest BCUT2D eigenvalue weighted by atomic mass is 10.0. The van der Waals surface area contributed by atoms with Gasteiger partial charge in [0.1, 0.15) is 6.67 Å². The Bertz CT molecular complexity index is 845. The molecule has 1 aromatic heterocycles. The molecule has 3 rings (SSSR count). The van der Waals surface area contributed by atoms with E-state index in [4.69, 9.17) is 4.74 Å². The molecular weight excluding hydrogens is 318 g/mol. The Morgan fingerprint density at radius 1 is 1.24 bits per heavy atom. The van der Waals surface area contributed by atoms with E-state index in [1.54, 1.807) is 22.8 Å². The maximum Gasteiger partial charge on any atom is 0.277 e. The molecule has 0 saturated carbocycles. The number of fused-ring (bicyclic) bond motifs is 1. The average Bonchev–Trinajstić information content (AvgIpc) is 2.63. The van der Waals surface area contributed by atoms with Gasteiger partial charge in [-0.05, 0) is 12.0 Å². The first-order chi connectivity index (χ1) is 12.1. The zero-order chi connectivity index (χ0) is 18.0. The summed E-state index contributed by atoms with van der Waals surface area (Å²) in [6.07, 6.45) is 4.18. The topological polar surface area (TPSA) is 54.8 Å². The number of hydrogen-bond donors (Lipinski definition) is 0. The Balaban J connectivity index is 2.18. The van der Waals surface area contributed by atoms with Crippen molar-refractivity contribution in [1.82, 2.24) is 9.58 Å². The maximum atomic E-state index is 12.7. The van der Waals surface area contributed by atoms with Crippen molar-refractivity contribution in [2.24, 2.45) is 0 Å². The molecule has 0 saturated heterocycles. The van der Waals surface area contributed by atoms with Crippen molar-refractivity contribution in [3.63, 3.8) is 0 Å². The summed E-state index contributed by atoms with van der Waals surface area (Å²) in [7, 11) is 3.12. The monoisotopic (exact) mass is 339 g/mol. The van der Waals surface area contributed by atoms with E-state index in [0.29, 0.717) is 13.1 Å². The molecule has 2 aromatic rings. The summed E-state index contributed by atoms with van der Waals surface area (Å²) < 4.78 is 6.95. The highest BCUT2D eigenvalue weighted by molar-refractivity contribution is 5.96. The number of ether oxygens (including phenoxy) is 1. The number of benzene rings is 1. The minimum atomic E-state index is -0.308. The van der Waals surface area contributed by atoms with Crippen LogP contribution < -0.4 is 15.2 Å². The predicted octanol–water partition coefficient (Wildman–Crippen LogP) is 2.16. The Hall–Kier alpha value is -3.02. The van der Waals surface area contributed by atoms with Crippen molar-refractivity contribution in [3.05, 3.63) is 76.7 Å². The van der Waals surface area contributed by atoms with Gasteiger partial charge in [-0.3, -0.25) is 19.3 Å². The summed E-state index contributed by atoms with van der Waals surface area (Å²) in [6.45, 7) is 4.26. The summed E-state index contributed by atoms with van der Waals surface area (Å²) in [6, 6.07) is 11.4. The van der Waals surface area contributed by atoms with Crippen LogP contribution in [0.1, 0.15) is 28.5 Å². The molecule has 0 fully saturated rings. The molecule has 0 bridgehead atoms. The van der Waals surface area contributed by atoms with Crippen molar-refractivity contribution >= 4 is 5.91 Å². The molecule has 1 aromatic carbocycles. The van der Waals surface area contributed by atoms with E-state index < -0.39 is 0 Å². The fraction of sp³-hybridized carbons (Fsp3) is 0.263. The van der Waals surface area contributed by atoms with Crippen LogP contribution in [0.4, 0.5) is 0 Å². The third-order valence-corrected chi connectivity index (χ3v) is 4.36. The highest BCUT2D eigenvalue weighted by Crippen LogP contribution is 2.29. The van der Waals surface area contributed by atoms with Crippen LogP contribution in [0, 0.1) is 0 Å². The molecule has 1 unspecified atom stereocenters. The second-order valence-corrected chi connectivity index (χ2v) is 5.94. The van der Waals surface area contributed by atoms with Gasteiger partial charge in [0.2, 0.25) is 5.43 Å². The first-order valence-corrected chi connectivity index (χ1v) is 8.06. The van der Waals surface area contributed by atoms with Crippen LogP contribution >= 0.6 is 0 Å². The smallest absolute Gasteiger partial charge is 0.277 e. The number of hydrogen-bond acceptors (Lipinski definition) is 4. The minimum absolute atomic E-state index is 0.0276. The molecule has 0 N–H and O–H groups in total. The van der Waals surface area contributed by atoms with Gasteiger partial charge in [0.05, 0.1) is 13.2 Å². The molecular formula is C19H21N3O3. The number of carbonyl (C=O) groups is 1. The van der Waals surface area contributed by atoms with Gasteiger partial charge in [-0.1, -0.05) is 36.4 Å². The van der Waals surface area contributed by atoms with Crippen molar-refractivity contribution in [3.8, 4) is 5.75 Å². The molecule has 25 heavy (non-hydrogen) atoms. The van der Waals surface area contributed by atoms with E-state index in [-0.39, 0.29) is 28.8 Å². The SMILES string of the molecule is C=CCC(c1ccccc1)N1CN(C)C(=O)c2c(OC)c(=O)ccn21. The fourth-order valence-electron chi connectivity index (χ4n) is 3.16. The third kappa shape index (κ3) is 2.91. The van der Waals surface area contributed by atoms with Gasteiger partial charge in [-0.15, -0.1) is 6.58 Å². The number of methoxy groups -OCH3 is 1. The molecule has 6 heteroatoms. The second kappa shape index (κ2) is 6.84. The summed E-state index contributed by atoms with van der Waals surface area (Å²) in [5.41, 5.74) is 1.04. The van der Waals surface area contributed by atoms with Gasteiger partial charge >= 0.3 is 0 Å². The number of aromatic nitrogens is 1. The average molecular weight is 339 g/mol. The standard InChI is InChI=1S/C19H21N3O3/c1-4-8-15(14-9-6-5-7-10-14)22-13-20(2)19(24)17-18(25-3)16(23)11-12-21(17)22/h4-7,9-12,15H,1,8,13H2,2-3H3. The molecule has 0 aliphatic carbocycles. The zero-order valence-corrected chi connectivity index (χ0v) is 14.4. The van der Waals surface area contributed by atoms with E-state index in [2.05, 4.69) is 6.58 Å². The molecule has 1 aliphatic heterocycles. The molecule has 0 radical (unpaired) electrons. The lowest BCUT2D eigenvalue weighted by molar-refractivity contribution is 0.0722. The highest BCUT2D eigenvalue weighted by atomic mass is 16.5. The normalized spacial score (nSPS) is 14.9. The number of nitrogens with zero attached hydrogens (tertiary/aromatic N) is 3. The van der Waals surface area contributed by atoms with Crippen LogP contribution in [0.3, 0.4) is 0 Å². The van der Waals surface area contributed by atoms with Crippen LogP contribution in [0.5, 0.6) is 5.75 Å². The van der Waals surface area contributed by atoms with E-state index >= 15 is 0 Å². The maximum absolute atomic E-state index is 12.7. The van der Waals surface area contributed by atoms with E-state index in [9.17, 15) is 9.59 Å². The number of rotatable bonds is 5. The number of pyridine rings is 1. The largest absolute Gasteiger partial charge is 0.491 e.